The number of nitrogens with two attached hydrogens (primary N) is 2. The standard InChI is InChI=1S/C13H18N4O3/c1-7(2)12-13(19)17(6-11(18)16-15)9-5-8(14)3-4-10(9)20-12/h3-5,7,12H,6,14-15H2,1-2H3,(H,16,18). The summed E-state index contributed by atoms with van der Waals surface area (Å²) in [6, 6.07) is 4.99. The molecule has 0 spiro atoms. The van der Waals surface area contributed by atoms with Gasteiger partial charge in [-0.1, -0.05) is 13.8 Å². The van der Waals surface area contributed by atoms with E-state index >= 15 is 0 Å². The first kappa shape index (κ1) is 14.1. The van der Waals surface area contributed by atoms with E-state index in [1.807, 2.05) is 19.3 Å². The van der Waals surface area contributed by atoms with Gasteiger partial charge in [0.1, 0.15) is 12.3 Å². The van der Waals surface area contributed by atoms with E-state index in [0.717, 1.165) is 0 Å². The van der Waals surface area contributed by atoms with Crippen LogP contribution in [0.15, 0.2) is 18.2 Å². The van der Waals surface area contributed by atoms with E-state index in [-0.39, 0.29) is 18.4 Å². The lowest BCUT2D eigenvalue weighted by Crippen LogP contribution is -2.52. The highest BCUT2D eigenvalue weighted by atomic mass is 16.5. The third-order valence-corrected chi connectivity index (χ3v) is 3.11. The lowest BCUT2D eigenvalue weighted by atomic mass is 10.0. The van der Waals surface area contributed by atoms with Crippen LogP contribution in [0.25, 0.3) is 0 Å². The van der Waals surface area contributed by atoms with Gasteiger partial charge in [0.05, 0.1) is 5.69 Å². The minimum Gasteiger partial charge on any atom is -0.478 e. The van der Waals surface area contributed by atoms with Crippen molar-refractivity contribution >= 4 is 23.2 Å². The van der Waals surface area contributed by atoms with E-state index in [4.69, 9.17) is 16.3 Å². The summed E-state index contributed by atoms with van der Waals surface area (Å²) in [5.74, 6) is 4.86. The number of rotatable bonds is 3. The molecule has 1 atom stereocenters. The number of benzene rings is 1. The predicted molar refractivity (Wildman–Crippen MR) is 74.8 cm³/mol. The number of anilines is 2. The lowest BCUT2D eigenvalue weighted by molar-refractivity contribution is -0.130. The molecule has 0 saturated carbocycles. The molecule has 0 saturated heterocycles. The minimum absolute atomic E-state index is 0.0170. The number of hydrogen-bond donors (Lipinski definition) is 3. The summed E-state index contributed by atoms with van der Waals surface area (Å²) >= 11 is 0. The highest BCUT2D eigenvalue weighted by molar-refractivity contribution is 6.04. The summed E-state index contributed by atoms with van der Waals surface area (Å²) in [6.07, 6.45) is -0.628. The van der Waals surface area contributed by atoms with Gasteiger partial charge in [-0.2, -0.15) is 0 Å². The van der Waals surface area contributed by atoms with Crippen LogP contribution in [-0.2, 0) is 9.59 Å². The normalized spacial score (nSPS) is 17.7. The summed E-state index contributed by atoms with van der Waals surface area (Å²) < 4.78 is 5.70. The largest absolute Gasteiger partial charge is 0.478 e. The van der Waals surface area contributed by atoms with Gasteiger partial charge in [-0.25, -0.2) is 5.84 Å². The van der Waals surface area contributed by atoms with E-state index in [1.54, 1.807) is 18.2 Å². The van der Waals surface area contributed by atoms with Gasteiger partial charge in [-0.05, 0) is 24.1 Å². The van der Waals surface area contributed by atoms with E-state index < -0.39 is 12.0 Å². The zero-order valence-electron chi connectivity index (χ0n) is 11.4. The molecular formula is C13H18N4O3. The van der Waals surface area contributed by atoms with Crippen molar-refractivity contribution < 1.29 is 14.3 Å². The van der Waals surface area contributed by atoms with Crippen LogP contribution in [0.4, 0.5) is 11.4 Å². The van der Waals surface area contributed by atoms with Gasteiger partial charge in [-0.15, -0.1) is 0 Å². The fraction of sp³-hybridized carbons (Fsp3) is 0.385. The summed E-state index contributed by atoms with van der Waals surface area (Å²) in [5.41, 5.74) is 8.72. The van der Waals surface area contributed by atoms with Crippen molar-refractivity contribution in [2.45, 2.75) is 20.0 Å². The zero-order chi connectivity index (χ0) is 14.9. The van der Waals surface area contributed by atoms with Crippen molar-refractivity contribution in [3.63, 3.8) is 0 Å². The molecule has 2 rings (SSSR count). The maximum Gasteiger partial charge on any atom is 0.268 e. The summed E-state index contributed by atoms with van der Waals surface area (Å²) in [5, 5.41) is 0. The van der Waals surface area contributed by atoms with Crippen LogP contribution in [0.2, 0.25) is 0 Å². The van der Waals surface area contributed by atoms with Gasteiger partial charge in [0.2, 0.25) is 0 Å². The Morgan fingerprint density at radius 3 is 2.80 bits per heavy atom. The highest BCUT2D eigenvalue weighted by Gasteiger charge is 2.37. The SMILES string of the molecule is CC(C)C1Oc2ccc(N)cc2N(CC(=O)NN)C1=O. The van der Waals surface area contributed by atoms with Crippen molar-refractivity contribution in [3.8, 4) is 5.75 Å². The van der Waals surface area contributed by atoms with Gasteiger partial charge >= 0.3 is 0 Å². The molecular weight excluding hydrogens is 260 g/mol. The van der Waals surface area contributed by atoms with Gasteiger partial charge in [0, 0.05) is 5.69 Å². The van der Waals surface area contributed by atoms with Crippen LogP contribution in [-0.4, -0.2) is 24.5 Å². The van der Waals surface area contributed by atoms with Crippen LogP contribution in [0.5, 0.6) is 5.75 Å². The molecule has 5 N–H and O–H groups in total. The third kappa shape index (κ3) is 2.53. The molecule has 7 heteroatoms. The van der Waals surface area contributed by atoms with Crippen LogP contribution < -0.4 is 26.6 Å². The molecule has 0 radical (unpaired) electrons. The van der Waals surface area contributed by atoms with Gasteiger partial charge in [-0.3, -0.25) is 19.9 Å². The van der Waals surface area contributed by atoms with E-state index in [0.29, 0.717) is 17.1 Å². The van der Waals surface area contributed by atoms with Crippen molar-refractivity contribution in [1.29, 1.82) is 0 Å². The molecule has 0 fully saturated rings. The zero-order valence-corrected chi connectivity index (χ0v) is 11.4. The average molecular weight is 278 g/mol. The maximum atomic E-state index is 12.4. The van der Waals surface area contributed by atoms with Crippen molar-refractivity contribution in [2.75, 3.05) is 17.2 Å². The number of carbonyl (C=O) groups excluding carboxylic acids is 2. The fourth-order valence-electron chi connectivity index (χ4n) is 2.08. The minimum atomic E-state index is -0.628. The van der Waals surface area contributed by atoms with Crippen molar-refractivity contribution in [3.05, 3.63) is 18.2 Å². The number of hydrazine groups is 1. The van der Waals surface area contributed by atoms with Crippen LogP contribution >= 0.6 is 0 Å². The molecule has 2 amide bonds. The Bertz CT molecular complexity index is 544. The monoisotopic (exact) mass is 278 g/mol. The molecule has 0 aromatic heterocycles. The first-order valence-electron chi connectivity index (χ1n) is 6.31. The number of nitrogens with one attached hydrogen (secondary N) is 1. The second kappa shape index (κ2) is 5.38. The molecule has 7 nitrogen and oxygen atoms in total. The molecule has 1 aliphatic heterocycles. The molecule has 20 heavy (non-hydrogen) atoms. The Morgan fingerprint density at radius 1 is 1.50 bits per heavy atom. The molecule has 1 unspecified atom stereocenters. The summed E-state index contributed by atoms with van der Waals surface area (Å²) in [6.45, 7) is 3.59. The summed E-state index contributed by atoms with van der Waals surface area (Å²) in [4.78, 5) is 25.3. The third-order valence-electron chi connectivity index (χ3n) is 3.11. The molecule has 0 aliphatic carbocycles. The number of amides is 2. The van der Waals surface area contributed by atoms with Gasteiger partial charge in [0.25, 0.3) is 11.8 Å². The number of nitrogens with zero attached hydrogens (tertiary/aromatic N) is 1. The van der Waals surface area contributed by atoms with Gasteiger partial charge < -0.3 is 10.5 Å². The molecule has 1 aliphatic rings. The van der Waals surface area contributed by atoms with Crippen LogP contribution in [0.1, 0.15) is 13.8 Å². The number of ether oxygens (including phenoxy) is 1. The first-order valence-corrected chi connectivity index (χ1v) is 6.31. The Morgan fingerprint density at radius 2 is 2.20 bits per heavy atom. The molecule has 1 aromatic rings. The van der Waals surface area contributed by atoms with Crippen LogP contribution in [0, 0.1) is 5.92 Å². The van der Waals surface area contributed by atoms with Crippen LogP contribution in [0.3, 0.4) is 0 Å². The Kier molecular flexibility index (Phi) is 3.80. The molecule has 1 aromatic carbocycles. The Hall–Kier alpha value is -2.28. The number of fused-ring (bicyclic) bond motifs is 1. The second-order valence-electron chi connectivity index (χ2n) is 5.00. The maximum absolute atomic E-state index is 12.4. The number of carbonyl (C=O) groups is 2. The first-order chi connectivity index (χ1) is 9.43. The fourth-order valence-corrected chi connectivity index (χ4v) is 2.08. The lowest BCUT2D eigenvalue weighted by Gasteiger charge is -2.35. The van der Waals surface area contributed by atoms with Crippen molar-refractivity contribution in [2.24, 2.45) is 11.8 Å². The Balaban J connectivity index is 2.43. The van der Waals surface area contributed by atoms with Crippen molar-refractivity contribution in [1.82, 2.24) is 5.43 Å². The number of hydrogen-bond acceptors (Lipinski definition) is 5. The van der Waals surface area contributed by atoms with E-state index in [9.17, 15) is 9.59 Å². The van der Waals surface area contributed by atoms with Gasteiger partial charge in [0.15, 0.2) is 6.10 Å². The topological polar surface area (TPSA) is 111 Å². The predicted octanol–water partition coefficient (Wildman–Crippen LogP) is 0.00870. The smallest absolute Gasteiger partial charge is 0.268 e. The molecule has 0 bridgehead atoms. The summed E-state index contributed by atoms with van der Waals surface area (Å²) in [7, 11) is 0. The molecule has 108 valence electrons. The molecule has 1 heterocycles. The quantitative estimate of drug-likeness (QED) is 0.312. The second-order valence-corrected chi connectivity index (χ2v) is 5.00. The highest BCUT2D eigenvalue weighted by Crippen LogP contribution is 2.36. The Labute approximate surface area is 116 Å². The van der Waals surface area contributed by atoms with E-state index in [2.05, 4.69) is 0 Å². The number of nitrogen functional groups attached to an aromatic ring is 1. The average Bonchev–Trinajstić information content (AvgIpc) is 2.41. The van der Waals surface area contributed by atoms with E-state index in [1.165, 1.54) is 4.90 Å².